The first kappa shape index (κ1) is 9.98. The fourth-order valence-corrected chi connectivity index (χ4v) is 1.84. The smallest absolute Gasteiger partial charge is 0.0794 e. The van der Waals surface area contributed by atoms with E-state index in [2.05, 4.69) is 16.4 Å². The molecule has 15 heavy (non-hydrogen) atoms. The van der Waals surface area contributed by atoms with Crippen molar-refractivity contribution in [3.8, 4) is 0 Å². The van der Waals surface area contributed by atoms with E-state index in [9.17, 15) is 0 Å². The average molecular weight is 219 g/mol. The van der Waals surface area contributed by atoms with Crippen LogP contribution in [0.3, 0.4) is 0 Å². The van der Waals surface area contributed by atoms with Gasteiger partial charge < -0.3 is 11.1 Å². The van der Waals surface area contributed by atoms with Crippen LogP contribution in [0.4, 0.5) is 11.4 Å². The Balaban J connectivity index is 2.02. The molecule has 0 saturated heterocycles. The van der Waals surface area contributed by atoms with Gasteiger partial charge in [0.05, 0.1) is 12.1 Å². The van der Waals surface area contributed by atoms with Crippen molar-refractivity contribution >= 4 is 22.7 Å². The number of rotatable bonds is 3. The highest BCUT2D eigenvalue weighted by molar-refractivity contribution is 7.09. The molecule has 0 aliphatic rings. The second kappa shape index (κ2) is 4.31. The van der Waals surface area contributed by atoms with E-state index in [1.165, 1.54) is 4.88 Å². The third-order valence-electron chi connectivity index (χ3n) is 2.22. The number of nitrogens with two attached hydrogens (primary N) is 1. The molecule has 0 aliphatic carbocycles. The molecule has 1 aromatic carbocycles. The number of hydrogen-bond acceptors (Lipinski definition) is 4. The van der Waals surface area contributed by atoms with E-state index >= 15 is 0 Å². The van der Waals surface area contributed by atoms with Gasteiger partial charge in [0.1, 0.15) is 0 Å². The van der Waals surface area contributed by atoms with Crippen LogP contribution >= 0.6 is 11.3 Å². The van der Waals surface area contributed by atoms with Gasteiger partial charge in [-0.05, 0) is 30.7 Å². The Hall–Kier alpha value is -1.55. The molecule has 2 rings (SSSR count). The molecule has 0 unspecified atom stereocenters. The van der Waals surface area contributed by atoms with Gasteiger partial charge in [0, 0.05) is 22.4 Å². The molecule has 1 aromatic heterocycles. The zero-order chi connectivity index (χ0) is 10.7. The van der Waals surface area contributed by atoms with Crippen LogP contribution in [0.15, 0.2) is 29.9 Å². The van der Waals surface area contributed by atoms with Crippen LogP contribution in [0.2, 0.25) is 0 Å². The zero-order valence-corrected chi connectivity index (χ0v) is 9.34. The van der Waals surface area contributed by atoms with E-state index in [1.807, 2.05) is 30.8 Å². The lowest BCUT2D eigenvalue weighted by Gasteiger charge is -2.06. The second-order valence-electron chi connectivity index (χ2n) is 3.39. The number of nitrogen functional groups attached to an aromatic ring is 1. The number of aryl methyl sites for hydroxylation is 1. The van der Waals surface area contributed by atoms with Gasteiger partial charge in [-0.15, -0.1) is 11.3 Å². The minimum absolute atomic E-state index is 0.814. The predicted molar refractivity (Wildman–Crippen MR) is 65.0 cm³/mol. The molecule has 1 heterocycles. The zero-order valence-electron chi connectivity index (χ0n) is 8.53. The fraction of sp³-hybridized carbons (Fsp3) is 0.182. The Morgan fingerprint density at radius 2 is 2.33 bits per heavy atom. The molecular formula is C11H13N3S. The second-order valence-corrected chi connectivity index (χ2v) is 4.36. The van der Waals surface area contributed by atoms with Crippen molar-refractivity contribution in [2.45, 2.75) is 13.5 Å². The number of hydrogen-bond donors (Lipinski definition) is 2. The number of anilines is 2. The maximum absolute atomic E-state index is 5.74. The van der Waals surface area contributed by atoms with Crippen LogP contribution < -0.4 is 11.1 Å². The van der Waals surface area contributed by atoms with Crippen LogP contribution in [0.5, 0.6) is 0 Å². The Morgan fingerprint density at radius 3 is 3.00 bits per heavy atom. The Bertz CT molecular complexity index is 437. The van der Waals surface area contributed by atoms with Gasteiger partial charge in [-0.25, -0.2) is 0 Å². The summed E-state index contributed by atoms with van der Waals surface area (Å²) in [5.41, 5.74) is 10.6. The first-order valence-electron chi connectivity index (χ1n) is 4.73. The van der Waals surface area contributed by atoms with E-state index in [0.29, 0.717) is 0 Å². The van der Waals surface area contributed by atoms with E-state index in [-0.39, 0.29) is 0 Å². The van der Waals surface area contributed by atoms with Gasteiger partial charge in [-0.3, -0.25) is 4.98 Å². The van der Waals surface area contributed by atoms with E-state index in [1.54, 1.807) is 11.3 Å². The summed E-state index contributed by atoms with van der Waals surface area (Å²) in [4.78, 5) is 5.25. The molecule has 78 valence electrons. The van der Waals surface area contributed by atoms with Gasteiger partial charge in [-0.2, -0.15) is 0 Å². The van der Waals surface area contributed by atoms with Crippen LogP contribution in [0.25, 0.3) is 0 Å². The van der Waals surface area contributed by atoms with Crippen LogP contribution in [0.1, 0.15) is 10.4 Å². The first-order valence-corrected chi connectivity index (χ1v) is 5.61. The highest BCUT2D eigenvalue weighted by Crippen LogP contribution is 2.17. The fourth-order valence-electron chi connectivity index (χ4n) is 1.30. The van der Waals surface area contributed by atoms with Crippen molar-refractivity contribution < 1.29 is 0 Å². The Labute approximate surface area is 93.0 Å². The number of nitrogens with one attached hydrogen (secondary N) is 1. The van der Waals surface area contributed by atoms with Crippen molar-refractivity contribution in [3.05, 3.63) is 40.3 Å². The standard InChI is InChI=1S/C11H13N3S/c1-8-4-9(2-3-11(8)12)14-6-10-5-13-7-15-10/h2-5,7,14H,6,12H2,1H3. The van der Waals surface area contributed by atoms with Gasteiger partial charge in [-0.1, -0.05) is 0 Å². The number of benzene rings is 1. The van der Waals surface area contributed by atoms with Gasteiger partial charge >= 0.3 is 0 Å². The summed E-state index contributed by atoms with van der Waals surface area (Å²) in [5.74, 6) is 0. The van der Waals surface area contributed by atoms with Gasteiger partial charge in [0.15, 0.2) is 0 Å². The summed E-state index contributed by atoms with van der Waals surface area (Å²) in [5, 5.41) is 3.33. The SMILES string of the molecule is Cc1cc(NCc2cncs2)ccc1N. The van der Waals surface area contributed by atoms with E-state index in [0.717, 1.165) is 23.5 Å². The van der Waals surface area contributed by atoms with E-state index < -0.39 is 0 Å². The summed E-state index contributed by atoms with van der Waals surface area (Å²) in [6.45, 7) is 2.82. The van der Waals surface area contributed by atoms with Crippen LogP contribution in [0, 0.1) is 6.92 Å². The third kappa shape index (κ3) is 2.47. The maximum Gasteiger partial charge on any atom is 0.0794 e. The highest BCUT2D eigenvalue weighted by atomic mass is 32.1. The van der Waals surface area contributed by atoms with Gasteiger partial charge in [0.2, 0.25) is 0 Å². The monoisotopic (exact) mass is 219 g/mol. The van der Waals surface area contributed by atoms with Crippen molar-refractivity contribution in [2.75, 3.05) is 11.1 Å². The predicted octanol–water partition coefficient (Wildman–Crippen LogP) is 2.65. The van der Waals surface area contributed by atoms with Crippen LogP contribution in [-0.4, -0.2) is 4.98 Å². The molecule has 3 nitrogen and oxygen atoms in total. The summed E-state index contributed by atoms with van der Waals surface area (Å²) in [7, 11) is 0. The van der Waals surface area contributed by atoms with E-state index in [4.69, 9.17) is 5.73 Å². The van der Waals surface area contributed by atoms with Crippen molar-refractivity contribution in [1.29, 1.82) is 0 Å². The molecule has 0 radical (unpaired) electrons. The van der Waals surface area contributed by atoms with Crippen molar-refractivity contribution in [2.24, 2.45) is 0 Å². The molecule has 0 bridgehead atoms. The normalized spacial score (nSPS) is 10.2. The molecule has 0 aliphatic heterocycles. The minimum Gasteiger partial charge on any atom is -0.399 e. The molecule has 0 fully saturated rings. The lowest BCUT2D eigenvalue weighted by Crippen LogP contribution is -1.98. The van der Waals surface area contributed by atoms with Crippen LogP contribution in [-0.2, 0) is 6.54 Å². The molecule has 0 atom stereocenters. The molecule has 0 amide bonds. The average Bonchev–Trinajstić information content (AvgIpc) is 2.73. The quantitative estimate of drug-likeness (QED) is 0.780. The summed E-state index contributed by atoms with van der Waals surface area (Å²) in [6.07, 6.45) is 1.88. The van der Waals surface area contributed by atoms with Crippen molar-refractivity contribution in [3.63, 3.8) is 0 Å². The molecule has 2 aromatic rings. The third-order valence-corrected chi connectivity index (χ3v) is 3.00. The number of thiazole rings is 1. The van der Waals surface area contributed by atoms with Gasteiger partial charge in [0.25, 0.3) is 0 Å². The summed E-state index contributed by atoms with van der Waals surface area (Å²) >= 11 is 1.65. The lowest BCUT2D eigenvalue weighted by molar-refractivity contribution is 1.17. The maximum atomic E-state index is 5.74. The number of nitrogens with zero attached hydrogens (tertiary/aromatic N) is 1. The topological polar surface area (TPSA) is 50.9 Å². The number of aromatic nitrogens is 1. The van der Waals surface area contributed by atoms with Crippen molar-refractivity contribution in [1.82, 2.24) is 4.98 Å². The molecule has 3 N–H and O–H groups in total. The highest BCUT2D eigenvalue weighted by Gasteiger charge is 1.97. The molecule has 4 heteroatoms. The molecule has 0 saturated carbocycles. The Kier molecular flexibility index (Phi) is 2.87. The largest absolute Gasteiger partial charge is 0.399 e. The lowest BCUT2D eigenvalue weighted by atomic mass is 10.2. The minimum atomic E-state index is 0.814. The molecular weight excluding hydrogens is 206 g/mol. The summed E-state index contributed by atoms with van der Waals surface area (Å²) < 4.78 is 0. The summed E-state index contributed by atoms with van der Waals surface area (Å²) in [6, 6.07) is 5.96. The first-order chi connectivity index (χ1) is 7.25. The Morgan fingerprint density at radius 1 is 1.47 bits per heavy atom. The molecule has 0 spiro atoms.